The molecule has 4 heterocycles. The van der Waals surface area contributed by atoms with E-state index in [0.29, 0.717) is 0 Å². The van der Waals surface area contributed by atoms with Crippen LogP contribution in [0.25, 0.3) is 11.3 Å². The maximum Gasteiger partial charge on any atom is 0.0957 e. The first-order chi connectivity index (χ1) is 14.9. The second kappa shape index (κ2) is 9.06. The van der Waals surface area contributed by atoms with Crippen LogP contribution in [0.5, 0.6) is 0 Å². The van der Waals surface area contributed by atoms with Crippen molar-refractivity contribution in [2.75, 3.05) is 39.5 Å². The number of imidazole rings is 1. The smallest absolute Gasteiger partial charge is 0.0957 e. The molecule has 2 fully saturated rings. The molecule has 0 saturated carbocycles. The Morgan fingerprint density at radius 1 is 1.07 bits per heavy atom. The third kappa shape index (κ3) is 4.02. The van der Waals surface area contributed by atoms with Crippen molar-refractivity contribution in [1.82, 2.24) is 30.1 Å². The van der Waals surface area contributed by atoms with Crippen molar-refractivity contribution in [2.45, 2.75) is 18.6 Å². The number of hydrogen-bond acceptors (Lipinski definition) is 6. The molecule has 156 valence electrons. The first kappa shape index (κ1) is 19.4. The SMILES string of the molecule is c1ccc(-c2ncn(CC(c3ccncc3)N3CCOCC3)c2C2CNCN2)cc1. The first-order valence-electron chi connectivity index (χ1n) is 10.7. The fourth-order valence-electron chi connectivity index (χ4n) is 4.49. The molecule has 2 atom stereocenters. The fourth-order valence-corrected chi connectivity index (χ4v) is 4.49. The summed E-state index contributed by atoms with van der Waals surface area (Å²) in [6.07, 6.45) is 5.77. The van der Waals surface area contributed by atoms with Crippen molar-refractivity contribution in [3.8, 4) is 11.3 Å². The van der Waals surface area contributed by atoms with Gasteiger partial charge in [-0.3, -0.25) is 15.2 Å². The molecule has 5 rings (SSSR count). The molecule has 2 N–H and O–H groups in total. The summed E-state index contributed by atoms with van der Waals surface area (Å²) < 4.78 is 7.95. The highest BCUT2D eigenvalue weighted by molar-refractivity contribution is 5.62. The highest BCUT2D eigenvalue weighted by Crippen LogP contribution is 2.31. The van der Waals surface area contributed by atoms with E-state index in [9.17, 15) is 0 Å². The van der Waals surface area contributed by atoms with Crippen molar-refractivity contribution in [3.05, 3.63) is 72.4 Å². The number of ether oxygens (including phenoxy) is 1. The lowest BCUT2D eigenvalue weighted by molar-refractivity contribution is 0.0121. The summed E-state index contributed by atoms with van der Waals surface area (Å²) in [7, 11) is 0. The van der Waals surface area contributed by atoms with Crippen LogP contribution in [-0.4, -0.2) is 59.0 Å². The molecule has 7 heteroatoms. The topological polar surface area (TPSA) is 67.2 Å². The number of aromatic nitrogens is 3. The summed E-state index contributed by atoms with van der Waals surface area (Å²) in [4.78, 5) is 11.6. The summed E-state index contributed by atoms with van der Waals surface area (Å²) >= 11 is 0. The van der Waals surface area contributed by atoms with Crippen LogP contribution < -0.4 is 10.6 Å². The van der Waals surface area contributed by atoms with Gasteiger partial charge in [-0.15, -0.1) is 0 Å². The maximum atomic E-state index is 5.61. The molecule has 3 aromatic rings. The zero-order valence-electron chi connectivity index (χ0n) is 17.1. The van der Waals surface area contributed by atoms with Crippen molar-refractivity contribution in [1.29, 1.82) is 0 Å². The summed E-state index contributed by atoms with van der Waals surface area (Å²) in [6.45, 7) is 6.00. The second-order valence-electron chi connectivity index (χ2n) is 7.83. The van der Waals surface area contributed by atoms with Gasteiger partial charge in [-0.1, -0.05) is 30.3 Å². The molecule has 0 amide bonds. The molecular formula is C23H28N6O. The zero-order chi connectivity index (χ0) is 20.2. The molecule has 0 aliphatic carbocycles. The molecule has 2 unspecified atom stereocenters. The maximum absolute atomic E-state index is 5.61. The molecule has 2 saturated heterocycles. The minimum Gasteiger partial charge on any atom is -0.379 e. The Hall–Kier alpha value is -2.58. The summed E-state index contributed by atoms with van der Waals surface area (Å²) in [5, 5.41) is 7.01. The van der Waals surface area contributed by atoms with Crippen LogP contribution in [0.4, 0.5) is 0 Å². The van der Waals surface area contributed by atoms with Crippen LogP contribution in [0.1, 0.15) is 23.3 Å². The Morgan fingerprint density at radius 2 is 1.87 bits per heavy atom. The molecule has 2 aromatic heterocycles. The quantitative estimate of drug-likeness (QED) is 0.657. The molecule has 2 aliphatic rings. The number of nitrogens with zero attached hydrogens (tertiary/aromatic N) is 4. The molecule has 1 aromatic carbocycles. The Bertz CT molecular complexity index is 933. The predicted molar refractivity (Wildman–Crippen MR) is 116 cm³/mol. The largest absolute Gasteiger partial charge is 0.379 e. The third-order valence-corrected chi connectivity index (χ3v) is 6.02. The first-order valence-corrected chi connectivity index (χ1v) is 10.7. The Kier molecular flexibility index (Phi) is 5.85. The van der Waals surface area contributed by atoms with Gasteiger partial charge in [0.2, 0.25) is 0 Å². The number of hydrogen-bond donors (Lipinski definition) is 2. The molecule has 0 radical (unpaired) electrons. The summed E-state index contributed by atoms with van der Waals surface area (Å²) in [5.41, 5.74) is 4.75. The van der Waals surface area contributed by atoms with Crippen molar-refractivity contribution >= 4 is 0 Å². The lowest BCUT2D eigenvalue weighted by Crippen LogP contribution is -2.41. The van der Waals surface area contributed by atoms with E-state index in [-0.39, 0.29) is 12.1 Å². The number of pyridine rings is 1. The lowest BCUT2D eigenvalue weighted by Gasteiger charge is -2.35. The number of nitrogens with one attached hydrogen (secondary N) is 2. The number of morpholine rings is 1. The Labute approximate surface area is 177 Å². The van der Waals surface area contributed by atoms with Crippen LogP contribution in [0, 0.1) is 0 Å². The Balaban J connectivity index is 1.52. The minimum absolute atomic E-state index is 0.241. The predicted octanol–water partition coefficient (Wildman–Crippen LogP) is 2.21. The van der Waals surface area contributed by atoms with Crippen LogP contribution in [-0.2, 0) is 11.3 Å². The van der Waals surface area contributed by atoms with E-state index in [0.717, 1.165) is 57.3 Å². The van der Waals surface area contributed by atoms with E-state index < -0.39 is 0 Å². The van der Waals surface area contributed by atoms with E-state index in [4.69, 9.17) is 9.72 Å². The molecule has 7 nitrogen and oxygen atoms in total. The molecule has 0 bridgehead atoms. The van der Waals surface area contributed by atoms with Gasteiger partial charge in [0.25, 0.3) is 0 Å². The van der Waals surface area contributed by atoms with Gasteiger partial charge in [-0.25, -0.2) is 4.98 Å². The highest BCUT2D eigenvalue weighted by Gasteiger charge is 2.28. The van der Waals surface area contributed by atoms with Crippen LogP contribution in [0.15, 0.2) is 61.2 Å². The van der Waals surface area contributed by atoms with Crippen molar-refractivity contribution in [3.63, 3.8) is 0 Å². The van der Waals surface area contributed by atoms with Crippen molar-refractivity contribution in [2.24, 2.45) is 0 Å². The molecule has 0 spiro atoms. The molecule has 30 heavy (non-hydrogen) atoms. The van der Waals surface area contributed by atoms with E-state index in [1.165, 1.54) is 11.3 Å². The molecular weight excluding hydrogens is 376 g/mol. The van der Waals surface area contributed by atoms with Gasteiger partial charge in [0.05, 0.1) is 43.0 Å². The van der Waals surface area contributed by atoms with Gasteiger partial charge in [-0.05, 0) is 17.7 Å². The summed E-state index contributed by atoms with van der Waals surface area (Å²) in [5.74, 6) is 0. The summed E-state index contributed by atoms with van der Waals surface area (Å²) in [6, 6.07) is 15.2. The van der Waals surface area contributed by atoms with E-state index in [1.54, 1.807) is 0 Å². The normalized spacial score (nSPS) is 21.0. The second-order valence-corrected chi connectivity index (χ2v) is 7.83. The van der Waals surface area contributed by atoms with E-state index >= 15 is 0 Å². The van der Waals surface area contributed by atoms with Gasteiger partial charge in [0, 0.05) is 50.8 Å². The average molecular weight is 405 g/mol. The van der Waals surface area contributed by atoms with E-state index in [1.807, 2.05) is 24.8 Å². The molecule has 2 aliphatic heterocycles. The van der Waals surface area contributed by atoms with Crippen LogP contribution in [0.3, 0.4) is 0 Å². The van der Waals surface area contributed by atoms with Gasteiger partial charge < -0.3 is 14.6 Å². The van der Waals surface area contributed by atoms with Crippen molar-refractivity contribution < 1.29 is 4.74 Å². The minimum atomic E-state index is 0.241. The van der Waals surface area contributed by atoms with Crippen LogP contribution >= 0.6 is 0 Å². The highest BCUT2D eigenvalue weighted by atomic mass is 16.5. The standard InChI is InChI=1S/C23H28N6O/c1-2-4-19(5-3-1)22-23(20-14-25-16-26-20)29(17-27-22)15-21(18-6-8-24-9-7-18)28-10-12-30-13-11-28/h1-9,17,20-21,25-26H,10-16H2. The van der Waals surface area contributed by atoms with Gasteiger partial charge in [0.1, 0.15) is 0 Å². The third-order valence-electron chi connectivity index (χ3n) is 6.02. The van der Waals surface area contributed by atoms with Gasteiger partial charge in [-0.2, -0.15) is 0 Å². The van der Waals surface area contributed by atoms with Gasteiger partial charge >= 0.3 is 0 Å². The van der Waals surface area contributed by atoms with Gasteiger partial charge in [0.15, 0.2) is 0 Å². The monoisotopic (exact) mass is 404 g/mol. The zero-order valence-corrected chi connectivity index (χ0v) is 17.1. The average Bonchev–Trinajstić information content (AvgIpc) is 3.49. The Morgan fingerprint density at radius 3 is 2.60 bits per heavy atom. The van der Waals surface area contributed by atoms with Crippen LogP contribution in [0.2, 0.25) is 0 Å². The fraction of sp³-hybridized carbons (Fsp3) is 0.391. The lowest BCUT2D eigenvalue weighted by atomic mass is 10.0. The number of rotatable bonds is 6. The number of benzene rings is 1. The van der Waals surface area contributed by atoms with E-state index in [2.05, 4.69) is 61.5 Å².